The summed E-state index contributed by atoms with van der Waals surface area (Å²) >= 11 is 1.47. The summed E-state index contributed by atoms with van der Waals surface area (Å²) in [5, 5.41) is 10.1. The first-order chi connectivity index (χ1) is 18.9. The highest BCUT2D eigenvalue weighted by molar-refractivity contribution is 7.09. The highest BCUT2D eigenvalue weighted by Gasteiger charge is 2.70. The zero-order valence-electron chi connectivity index (χ0n) is 25.8. The van der Waals surface area contributed by atoms with Crippen molar-refractivity contribution in [2.75, 3.05) is 6.54 Å². The molecule has 3 rings (SSSR count). The molecule has 41 heavy (non-hydrogen) atoms. The lowest BCUT2D eigenvalue weighted by Gasteiger charge is -2.38. The molecule has 0 aromatic carbocycles. The van der Waals surface area contributed by atoms with Crippen molar-refractivity contribution in [2.45, 2.75) is 105 Å². The maximum atomic E-state index is 14.0. The number of carbonyl (C=O) groups excluding carboxylic acids is 5. The van der Waals surface area contributed by atoms with Crippen molar-refractivity contribution < 1.29 is 28.7 Å². The molecule has 0 spiro atoms. The van der Waals surface area contributed by atoms with Crippen molar-refractivity contribution in [3.05, 3.63) is 22.4 Å². The molecule has 1 aromatic rings. The van der Waals surface area contributed by atoms with Gasteiger partial charge >= 0.3 is 6.09 Å². The van der Waals surface area contributed by atoms with Crippen molar-refractivity contribution >= 4 is 40.9 Å². The fourth-order valence-corrected chi connectivity index (χ4v) is 6.34. The first kappa shape index (κ1) is 32.6. The summed E-state index contributed by atoms with van der Waals surface area (Å²) in [5.74, 6) is -2.29. The normalized spacial score (nSPS) is 22.7. The van der Waals surface area contributed by atoms with E-state index in [4.69, 9.17) is 4.74 Å². The Kier molecular flexibility index (Phi) is 9.62. The number of nitrogens with one attached hydrogen (secondary N) is 3. The first-order valence-electron chi connectivity index (χ1n) is 14.3. The second-order valence-corrected chi connectivity index (χ2v) is 14.8. The van der Waals surface area contributed by atoms with E-state index in [9.17, 15) is 24.0 Å². The number of ether oxygens (including phenoxy) is 1. The predicted molar refractivity (Wildman–Crippen MR) is 157 cm³/mol. The number of rotatable bonds is 10. The molecular formula is C30H46N4O6S. The van der Waals surface area contributed by atoms with Crippen LogP contribution in [0.3, 0.4) is 0 Å². The van der Waals surface area contributed by atoms with Gasteiger partial charge in [0.2, 0.25) is 17.6 Å². The average Bonchev–Trinajstić information content (AvgIpc) is 3.29. The molecule has 0 unspecified atom stereocenters. The number of amides is 4. The summed E-state index contributed by atoms with van der Waals surface area (Å²) < 4.78 is 5.41. The van der Waals surface area contributed by atoms with Crippen molar-refractivity contribution in [1.82, 2.24) is 20.9 Å². The van der Waals surface area contributed by atoms with Crippen LogP contribution in [0.2, 0.25) is 0 Å². The average molecular weight is 591 g/mol. The number of fused-ring (bicyclic) bond motifs is 1. The van der Waals surface area contributed by atoms with Crippen LogP contribution in [0.1, 0.15) is 80.0 Å². The zero-order chi connectivity index (χ0) is 30.9. The Morgan fingerprint density at radius 2 is 1.76 bits per heavy atom. The number of likely N-dealkylation sites (tertiary alicyclic amines) is 1. The van der Waals surface area contributed by atoms with Crippen LogP contribution in [0.25, 0.3) is 0 Å². The molecular weight excluding hydrogens is 544 g/mol. The van der Waals surface area contributed by atoms with Gasteiger partial charge in [-0.05, 0) is 61.3 Å². The third-order valence-electron chi connectivity index (χ3n) is 7.97. The van der Waals surface area contributed by atoms with Gasteiger partial charge in [-0.2, -0.15) is 0 Å². The number of piperidine rings is 1. The summed E-state index contributed by atoms with van der Waals surface area (Å²) in [5.41, 5.74) is -1.57. The molecule has 1 aromatic heterocycles. The Bertz CT molecular complexity index is 1150. The molecule has 1 aliphatic heterocycles. The number of Topliss-reactive ketones (excluding diaryl/α,β-unsaturated/α-hetero) is 1. The highest BCUT2D eigenvalue weighted by atomic mass is 32.1. The monoisotopic (exact) mass is 590 g/mol. The van der Waals surface area contributed by atoms with E-state index in [1.54, 1.807) is 20.8 Å². The van der Waals surface area contributed by atoms with E-state index in [-0.39, 0.29) is 29.7 Å². The molecule has 3 N–H and O–H groups in total. The van der Waals surface area contributed by atoms with Gasteiger partial charge in [0.15, 0.2) is 0 Å². The standard InChI is InChI=1S/C30H46N4O6S/c1-10-12-19(22(35)25(37)31-15-17-13-11-14-41-17)32-24(36)21-20-18(30(20,8)9)16-34(21)26(38)23(28(2,3)4)33-27(39)40-29(5,6)7/h11,13-14,18-21,23H,10,12,15-16H2,1-9H3,(H,31,37)(H,32,36)(H,33,39)/t18-,19-,20-,21-,23+/m0/s1. The summed E-state index contributed by atoms with van der Waals surface area (Å²) in [6, 6.07) is 0.955. The van der Waals surface area contributed by atoms with Gasteiger partial charge in [-0.3, -0.25) is 19.2 Å². The molecule has 4 amide bonds. The van der Waals surface area contributed by atoms with Crippen molar-refractivity contribution in [3.63, 3.8) is 0 Å². The fourth-order valence-electron chi connectivity index (χ4n) is 5.69. The van der Waals surface area contributed by atoms with E-state index in [1.165, 1.54) is 16.2 Å². The third kappa shape index (κ3) is 7.67. The minimum Gasteiger partial charge on any atom is -0.444 e. The van der Waals surface area contributed by atoms with Gasteiger partial charge < -0.3 is 25.6 Å². The fraction of sp³-hybridized carbons (Fsp3) is 0.700. The van der Waals surface area contributed by atoms with E-state index in [0.717, 1.165) is 4.88 Å². The van der Waals surface area contributed by atoms with Crippen LogP contribution in [-0.2, 0) is 30.5 Å². The minimum atomic E-state index is -1.01. The van der Waals surface area contributed by atoms with Gasteiger partial charge in [-0.15, -0.1) is 11.3 Å². The molecule has 2 fully saturated rings. The lowest BCUT2D eigenvalue weighted by atomic mass is 9.85. The van der Waals surface area contributed by atoms with Gasteiger partial charge in [0, 0.05) is 11.4 Å². The number of hydrogen-bond donors (Lipinski definition) is 3. The Hall–Kier alpha value is -2.95. The molecule has 1 aliphatic carbocycles. The second kappa shape index (κ2) is 12.1. The van der Waals surface area contributed by atoms with Crippen molar-refractivity contribution in [1.29, 1.82) is 0 Å². The maximum absolute atomic E-state index is 14.0. The molecule has 0 bridgehead atoms. The summed E-state index contributed by atoms with van der Waals surface area (Å²) in [6.07, 6.45) is 0.157. The van der Waals surface area contributed by atoms with E-state index >= 15 is 0 Å². The predicted octanol–water partition coefficient (Wildman–Crippen LogP) is 3.64. The number of carbonyl (C=O) groups is 5. The van der Waals surface area contributed by atoms with Crippen molar-refractivity contribution in [3.8, 4) is 0 Å². The number of nitrogens with zero attached hydrogens (tertiary/aromatic N) is 1. The SMILES string of the molecule is CCC[C@H](NC(=O)[C@@H]1[C@@H]2[C@H](CN1C(=O)[C@@H](NC(=O)OC(C)(C)C)C(C)(C)C)C2(C)C)C(=O)C(=O)NCc1cccs1. The van der Waals surface area contributed by atoms with Crippen LogP contribution in [-0.4, -0.2) is 64.8 Å². The van der Waals surface area contributed by atoms with Gasteiger partial charge in [0.05, 0.1) is 12.6 Å². The van der Waals surface area contributed by atoms with Gasteiger partial charge in [0.25, 0.3) is 5.91 Å². The molecule has 2 heterocycles. The summed E-state index contributed by atoms with van der Waals surface area (Å²) in [6.45, 7) is 17.4. The van der Waals surface area contributed by atoms with Crippen LogP contribution in [0.15, 0.2) is 17.5 Å². The Balaban J connectivity index is 1.78. The quantitative estimate of drug-likeness (QED) is 0.356. The third-order valence-corrected chi connectivity index (χ3v) is 8.85. The number of thiophene rings is 1. The lowest BCUT2D eigenvalue weighted by Crippen LogP contribution is -2.60. The molecule has 10 nitrogen and oxygen atoms in total. The minimum absolute atomic E-state index is 0.0985. The molecule has 2 aliphatic rings. The largest absolute Gasteiger partial charge is 0.444 e. The van der Waals surface area contributed by atoms with Gasteiger partial charge in [-0.1, -0.05) is 54.0 Å². The van der Waals surface area contributed by atoms with E-state index < -0.39 is 52.8 Å². The molecule has 228 valence electrons. The molecule has 1 saturated carbocycles. The van der Waals surface area contributed by atoms with E-state index in [0.29, 0.717) is 19.4 Å². The molecule has 1 saturated heterocycles. The lowest BCUT2D eigenvalue weighted by molar-refractivity contribution is -0.145. The summed E-state index contributed by atoms with van der Waals surface area (Å²) in [4.78, 5) is 68.7. The first-order valence-corrected chi connectivity index (χ1v) is 15.2. The molecule has 5 atom stereocenters. The zero-order valence-corrected chi connectivity index (χ0v) is 26.6. The van der Waals surface area contributed by atoms with E-state index in [1.807, 2.05) is 45.2 Å². The highest BCUT2D eigenvalue weighted by Crippen LogP contribution is 2.65. The topological polar surface area (TPSA) is 134 Å². The number of hydrogen-bond acceptors (Lipinski definition) is 7. The van der Waals surface area contributed by atoms with Gasteiger partial charge in [-0.25, -0.2) is 4.79 Å². The van der Waals surface area contributed by atoms with E-state index in [2.05, 4.69) is 29.8 Å². The van der Waals surface area contributed by atoms with Crippen LogP contribution in [0, 0.1) is 22.7 Å². The second-order valence-electron chi connectivity index (χ2n) is 13.8. The van der Waals surface area contributed by atoms with Crippen LogP contribution in [0.5, 0.6) is 0 Å². The van der Waals surface area contributed by atoms with Crippen molar-refractivity contribution in [2.24, 2.45) is 22.7 Å². The Morgan fingerprint density at radius 1 is 1.10 bits per heavy atom. The molecule has 0 radical (unpaired) electrons. The number of alkyl carbamates (subject to hydrolysis) is 1. The molecule has 11 heteroatoms. The Labute approximate surface area is 247 Å². The smallest absolute Gasteiger partial charge is 0.408 e. The van der Waals surface area contributed by atoms with Gasteiger partial charge in [0.1, 0.15) is 17.7 Å². The Morgan fingerprint density at radius 3 is 2.29 bits per heavy atom. The number of ketones is 1. The van der Waals surface area contributed by atoms with Crippen LogP contribution >= 0.6 is 11.3 Å². The summed E-state index contributed by atoms with van der Waals surface area (Å²) in [7, 11) is 0. The van der Waals surface area contributed by atoms with Crippen LogP contribution < -0.4 is 16.0 Å². The van der Waals surface area contributed by atoms with Crippen LogP contribution in [0.4, 0.5) is 4.79 Å². The maximum Gasteiger partial charge on any atom is 0.408 e.